The summed E-state index contributed by atoms with van der Waals surface area (Å²) in [5.74, 6) is -0.268. The van der Waals surface area contributed by atoms with Crippen LogP contribution in [0.3, 0.4) is 0 Å². The van der Waals surface area contributed by atoms with Gasteiger partial charge in [0.1, 0.15) is 0 Å². The molecule has 1 unspecified atom stereocenters. The molecule has 2 aromatic carbocycles. The van der Waals surface area contributed by atoms with Gasteiger partial charge in [-0.3, -0.25) is 9.48 Å². The summed E-state index contributed by atoms with van der Waals surface area (Å²) in [6, 6.07) is 15.6. The summed E-state index contributed by atoms with van der Waals surface area (Å²) in [7, 11) is -3.65. The number of carbonyl (C=O) groups is 1. The molecule has 0 radical (unpaired) electrons. The van der Waals surface area contributed by atoms with E-state index in [9.17, 15) is 13.2 Å². The highest BCUT2D eigenvalue weighted by Gasteiger charge is 2.20. The van der Waals surface area contributed by atoms with Gasteiger partial charge in [-0.05, 0) is 54.3 Å². The maximum atomic E-state index is 12.6. The molecule has 0 aliphatic carbocycles. The van der Waals surface area contributed by atoms with Gasteiger partial charge in [-0.1, -0.05) is 24.3 Å². The van der Waals surface area contributed by atoms with Crippen LogP contribution < -0.4 is 10.0 Å². The fraction of sp³-hybridized carbons (Fsp3) is 0.304. The molecule has 1 aliphatic rings. The number of rotatable bonds is 9. The Bertz CT molecular complexity index is 1140. The van der Waals surface area contributed by atoms with Gasteiger partial charge in [0.25, 0.3) is 5.91 Å². The van der Waals surface area contributed by atoms with Crippen LogP contribution in [0.4, 0.5) is 0 Å². The number of carbonyl (C=O) groups excluding carboxylic acids is 1. The largest absolute Gasteiger partial charge is 0.377 e. The Balaban J connectivity index is 1.35. The van der Waals surface area contributed by atoms with Crippen molar-refractivity contribution in [2.24, 2.45) is 0 Å². The number of nitrogens with zero attached hydrogens (tertiary/aromatic N) is 2. The summed E-state index contributed by atoms with van der Waals surface area (Å²) in [6.45, 7) is 1.90. The molecule has 0 bridgehead atoms. The minimum atomic E-state index is -3.65. The van der Waals surface area contributed by atoms with E-state index < -0.39 is 10.0 Å². The first-order chi connectivity index (χ1) is 15.5. The average molecular weight is 455 g/mol. The predicted octanol–water partition coefficient (Wildman–Crippen LogP) is 2.32. The van der Waals surface area contributed by atoms with Gasteiger partial charge in [0.2, 0.25) is 10.0 Å². The Hall–Kier alpha value is -3.01. The molecule has 4 rings (SSSR count). The molecule has 8 nitrogen and oxygen atoms in total. The highest BCUT2D eigenvalue weighted by atomic mass is 32.2. The number of hydrogen-bond acceptors (Lipinski definition) is 5. The van der Waals surface area contributed by atoms with Crippen molar-refractivity contribution in [3.8, 4) is 0 Å². The topological polar surface area (TPSA) is 102 Å². The number of amides is 1. The lowest BCUT2D eigenvalue weighted by atomic mass is 10.1. The molecule has 9 heteroatoms. The van der Waals surface area contributed by atoms with Gasteiger partial charge in [-0.25, -0.2) is 13.1 Å². The van der Waals surface area contributed by atoms with Gasteiger partial charge in [0.15, 0.2) is 0 Å². The zero-order valence-corrected chi connectivity index (χ0v) is 18.4. The molecule has 32 heavy (non-hydrogen) atoms. The maximum absolute atomic E-state index is 12.6. The van der Waals surface area contributed by atoms with E-state index in [1.165, 1.54) is 24.3 Å². The molecule has 0 saturated carbocycles. The van der Waals surface area contributed by atoms with Crippen molar-refractivity contribution in [1.29, 1.82) is 0 Å². The number of ether oxygens (including phenoxy) is 1. The Kier molecular flexibility index (Phi) is 6.99. The van der Waals surface area contributed by atoms with Crippen LogP contribution in [0.15, 0.2) is 71.9 Å². The van der Waals surface area contributed by atoms with Crippen LogP contribution in [0, 0.1) is 0 Å². The van der Waals surface area contributed by atoms with E-state index in [2.05, 4.69) is 15.1 Å². The first kappa shape index (κ1) is 22.2. The van der Waals surface area contributed by atoms with E-state index in [1.54, 1.807) is 6.20 Å². The van der Waals surface area contributed by atoms with Gasteiger partial charge in [-0.15, -0.1) is 0 Å². The summed E-state index contributed by atoms with van der Waals surface area (Å²) >= 11 is 0. The van der Waals surface area contributed by atoms with Crippen LogP contribution >= 0.6 is 0 Å². The lowest BCUT2D eigenvalue weighted by molar-refractivity contribution is 0.0950. The van der Waals surface area contributed by atoms with Crippen LogP contribution in [0.2, 0.25) is 0 Å². The molecule has 2 heterocycles. The Labute approximate surface area is 187 Å². The molecule has 2 N–H and O–H groups in total. The SMILES string of the molecule is O=C(NCc1ccccc1Cn1cccn1)c1ccc(S(=O)(=O)NCC2CCCO2)cc1. The number of nitrogens with one attached hydrogen (secondary N) is 2. The Morgan fingerprint density at radius 2 is 1.88 bits per heavy atom. The average Bonchev–Trinajstić information content (AvgIpc) is 3.51. The third kappa shape index (κ3) is 5.61. The summed E-state index contributed by atoms with van der Waals surface area (Å²) in [4.78, 5) is 12.7. The molecular weight excluding hydrogens is 428 g/mol. The summed E-state index contributed by atoms with van der Waals surface area (Å²) in [5.41, 5.74) is 2.46. The Morgan fingerprint density at radius 3 is 2.56 bits per heavy atom. The predicted molar refractivity (Wildman–Crippen MR) is 120 cm³/mol. The molecule has 1 atom stereocenters. The number of hydrogen-bond donors (Lipinski definition) is 2. The molecule has 1 fully saturated rings. The fourth-order valence-corrected chi connectivity index (χ4v) is 4.67. The van der Waals surface area contributed by atoms with Gasteiger partial charge < -0.3 is 10.1 Å². The Morgan fingerprint density at radius 1 is 1.09 bits per heavy atom. The number of benzene rings is 2. The third-order valence-electron chi connectivity index (χ3n) is 5.40. The molecule has 168 valence electrons. The van der Waals surface area contributed by atoms with Crippen LogP contribution in [0.25, 0.3) is 0 Å². The van der Waals surface area contributed by atoms with Gasteiger partial charge >= 0.3 is 0 Å². The van der Waals surface area contributed by atoms with Gasteiger partial charge in [0.05, 0.1) is 17.5 Å². The van der Waals surface area contributed by atoms with Crippen molar-refractivity contribution in [2.75, 3.05) is 13.2 Å². The van der Waals surface area contributed by atoms with E-state index in [1.807, 2.05) is 41.2 Å². The minimum absolute atomic E-state index is 0.0778. The van der Waals surface area contributed by atoms with E-state index in [0.29, 0.717) is 25.3 Å². The van der Waals surface area contributed by atoms with Crippen molar-refractivity contribution in [1.82, 2.24) is 19.8 Å². The maximum Gasteiger partial charge on any atom is 0.251 e. The fourth-order valence-electron chi connectivity index (χ4n) is 3.61. The second kappa shape index (κ2) is 10.1. The number of sulfonamides is 1. The van der Waals surface area contributed by atoms with Crippen molar-refractivity contribution >= 4 is 15.9 Å². The van der Waals surface area contributed by atoms with Gasteiger partial charge in [-0.2, -0.15) is 5.10 Å². The molecule has 0 spiro atoms. The molecule has 1 saturated heterocycles. The second-order valence-corrected chi connectivity index (χ2v) is 9.43. The lowest BCUT2D eigenvalue weighted by Gasteiger charge is -2.12. The van der Waals surface area contributed by atoms with Crippen molar-refractivity contribution in [2.45, 2.75) is 36.9 Å². The standard InChI is InChI=1S/C23H26N4O4S/c28-23(24-15-19-5-1-2-6-20(19)17-27-13-4-12-25-27)18-8-10-22(11-9-18)32(29,30)26-16-21-7-3-14-31-21/h1-2,4-6,8-13,21,26H,3,7,14-17H2,(H,24,28). The highest BCUT2D eigenvalue weighted by molar-refractivity contribution is 7.89. The minimum Gasteiger partial charge on any atom is -0.377 e. The second-order valence-electron chi connectivity index (χ2n) is 7.67. The first-order valence-corrected chi connectivity index (χ1v) is 12.0. The smallest absolute Gasteiger partial charge is 0.251 e. The zero-order chi connectivity index (χ0) is 22.4. The quantitative estimate of drug-likeness (QED) is 0.517. The highest BCUT2D eigenvalue weighted by Crippen LogP contribution is 2.15. The van der Waals surface area contributed by atoms with Crippen molar-refractivity contribution in [3.63, 3.8) is 0 Å². The third-order valence-corrected chi connectivity index (χ3v) is 6.84. The first-order valence-electron chi connectivity index (χ1n) is 10.5. The molecule has 3 aromatic rings. The summed E-state index contributed by atoms with van der Waals surface area (Å²) in [5, 5.41) is 7.13. The van der Waals surface area contributed by atoms with Crippen LogP contribution in [0.1, 0.15) is 34.3 Å². The lowest BCUT2D eigenvalue weighted by Crippen LogP contribution is -2.31. The van der Waals surface area contributed by atoms with Crippen LogP contribution in [-0.4, -0.2) is 43.4 Å². The molecule has 1 aromatic heterocycles. The van der Waals surface area contributed by atoms with Crippen LogP contribution in [-0.2, 0) is 27.8 Å². The molecule has 1 amide bonds. The molecular formula is C23H26N4O4S. The van der Waals surface area contributed by atoms with E-state index in [0.717, 1.165) is 24.0 Å². The van der Waals surface area contributed by atoms with E-state index in [4.69, 9.17) is 4.74 Å². The summed E-state index contributed by atoms with van der Waals surface area (Å²) < 4.78 is 34.8. The summed E-state index contributed by atoms with van der Waals surface area (Å²) in [6.07, 6.45) is 5.34. The van der Waals surface area contributed by atoms with Gasteiger partial charge in [0, 0.05) is 37.7 Å². The zero-order valence-electron chi connectivity index (χ0n) is 17.6. The van der Waals surface area contributed by atoms with Crippen molar-refractivity contribution < 1.29 is 17.9 Å². The van der Waals surface area contributed by atoms with E-state index >= 15 is 0 Å². The van der Waals surface area contributed by atoms with Crippen LogP contribution in [0.5, 0.6) is 0 Å². The normalized spacial score (nSPS) is 16.2. The number of aromatic nitrogens is 2. The monoisotopic (exact) mass is 454 g/mol. The molecule has 1 aliphatic heterocycles. The van der Waals surface area contributed by atoms with E-state index in [-0.39, 0.29) is 23.5 Å². The van der Waals surface area contributed by atoms with Crippen molar-refractivity contribution in [3.05, 3.63) is 83.7 Å².